The first-order valence-electron chi connectivity index (χ1n) is 6.11. The second kappa shape index (κ2) is 5.25. The van der Waals surface area contributed by atoms with E-state index in [2.05, 4.69) is 22.0 Å². The van der Waals surface area contributed by atoms with Gasteiger partial charge in [0.1, 0.15) is 0 Å². The maximum atomic E-state index is 5.50. The fourth-order valence-corrected chi connectivity index (χ4v) is 2.00. The van der Waals surface area contributed by atoms with E-state index in [1.54, 1.807) is 0 Å². The number of anilines is 1. The summed E-state index contributed by atoms with van der Waals surface area (Å²) in [4.78, 5) is 2.30. The maximum Gasteiger partial charge on any atom is 0.151 e. The van der Waals surface area contributed by atoms with Gasteiger partial charge < -0.3 is 10.6 Å². The first-order chi connectivity index (χ1) is 7.83. The summed E-state index contributed by atoms with van der Waals surface area (Å²) in [6.45, 7) is 4.74. The maximum absolute atomic E-state index is 5.50. The molecule has 0 aromatic carbocycles. The molecule has 16 heavy (non-hydrogen) atoms. The fraction of sp³-hybridized carbons (Fsp3) is 0.667. The van der Waals surface area contributed by atoms with Crippen molar-refractivity contribution in [3.05, 3.63) is 17.8 Å². The van der Waals surface area contributed by atoms with Crippen LogP contribution >= 0.6 is 0 Å². The molecule has 1 aliphatic rings. The molecule has 0 radical (unpaired) electrons. The molecule has 0 saturated heterocycles. The van der Waals surface area contributed by atoms with Crippen molar-refractivity contribution < 1.29 is 0 Å². The number of hydrogen-bond acceptors (Lipinski definition) is 4. The molecule has 88 valence electrons. The second-order valence-electron chi connectivity index (χ2n) is 4.42. The molecule has 0 atom stereocenters. The Hall–Kier alpha value is -1.16. The summed E-state index contributed by atoms with van der Waals surface area (Å²) < 4.78 is 0. The van der Waals surface area contributed by atoms with Crippen molar-refractivity contribution in [2.75, 3.05) is 18.0 Å². The van der Waals surface area contributed by atoms with Gasteiger partial charge in [-0.1, -0.05) is 6.42 Å². The Morgan fingerprint density at radius 2 is 2.19 bits per heavy atom. The standard InChI is InChI=1S/C12H20N4/c1-2-16(9-10-4-3-5-10)12-7-6-11(8-13)14-15-12/h6-7,10H,2-5,8-9,13H2,1H3. The second-order valence-corrected chi connectivity index (χ2v) is 4.42. The Morgan fingerprint density at radius 3 is 2.62 bits per heavy atom. The quantitative estimate of drug-likeness (QED) is 0.818. The van der Waals surface area contributed by atoms with Gasteiger partial charge in [0, 0.05) is 19.6 Å². The number of nitrogens with zero attached hydrogens (tertiary/aromatic N) is 3. The third-order valence-corrected chi connectivity index (χ3v) is 3.32. The van der Waals surface area contributed by atoms with Crippen molar-refractivity contribution >= 4 is 5.82 Å². The van der Waals surface area contributed by atoms with E-state index in [4.69, 9.17) is 5.73 Å². The minimum absolute atomic E-state index is 0.460. The Morgan fingerprint density at radius 1 is 1.38 bits per heavy atom. The Kier molecular flexibility index (Phi) is 3.72. The van der Waals surface area contributed by atoms with Gasteiger partial charge in [-0.25, -0.2) is 0 Å². The average molecular weight is 220 g/mol. The van der Waals surface area contributed by atoms with Crippen LogP contribution in [0.1, 0.15) is 31.9 Å². The van der Waals surface area contributed by atoms with Crippen molar-refractivity contribution in [3.8, 4) is 0 Å². The summed E-state index contributed by atoms with van der Waals surface area (Å²) in [7, 11) is 0. The van der Waals surface area contributed by atoms with Crippen molar-refractivity contribution in [2.45, 2.75) is 32.7 Å². The molecule has 0 aliphatic heterocycles. The minimum atomic E-state index is 0.460. The highest BCUT2D eigenvalue weighted by Crippen LogP contribution is 2.28. The Labute approximate surface area is 96.9 Å². The molecule has 1 heterocycles. The lowest BCUT2D eigenvalue weighted by Crippen LogP contribution is -2.33. The predicted molar refractivity (Wildman–Crippen MR) is 65.2 cm³/mol. The van der Waals surface area contributed by atoms with Crippen LogP contribution in [0.3, 0.4) is 0 Å². The zero-order chi connectivity index (χ0) is 11.4. The van der Waals surface area contributed by atoms with Gasteiger partial charge in [-0.3, -0.25) is 0 Å². The lowest BCUT2D eigenvalue weighted by atomic mass is 9.85. The Bertz CT molecular complexity index is 318. The van der Waals surface area contributed by atoms with Gasteiger partial charge in [0.15, 0.2) is 5.82 Å². The number of aromatic nitrogens is 2. The van der Waals surface area contributed by atoms with Crippen LogP contribution in [0.25, 0.3) is 0 Å². The molecular weight excluding hydrogens is 200 g/mol. The highest BCUT2D eigenvalue weighted by Gasteiger charge is 2.20. The monoisotopic (exact) mass is 220 g/mol. The molecule has 4 nitrogen and oxygen atoms in total. The topological polar surface area (TPSA) is 55.0 Å². The predicted octanol–water partition coefficient (Wildman–Crippen LogP) is 1.56. The van der Waals surface area contributed by atoms with Gasteiger partial charge in [0.05, 0.1) is 5.69 Å². The highest BCUT2D eigenvalue weighted by molar-refractivity contribution is 5.37. The zero-order valence-electron chi connectivity index (χ0n) is 9.89. The molecule has 0 bridgehead atoms. The first-order valence-corrected chi connectivity index (χ1v) is 6.11. The van der Waals surface area contributed by atoms with E-state index in [1.165, 1.54) is 19.3 Å². The van der Waals surface area contributed by atoms with E-state index in [-0.39, 0.29) is 0 Å². The molecule has 0 amide bonds. The van der Waals surface area contributed by atoms with Gasteiger partial charge in [-0.2, -0.15) is 5.10 Å². The van der Waals surface area contributed by atoms with Crippen molar-refractivity contribution in [3.63, 3.8) is 0 Å². The third-order valence-electron chi connectivity index (χ3n) is 3.32. The molecule has 2 rings (SSSR count). The highest BCUT2D eigenvalue weighted by atomic mass is 15.3. The van der Waals surface area contributed by atoms with Crippen molar-refractivity contribution in [1.29, 1.82) is 0 Å². The summed E-state index contributed by atoms with van der Waals surface area (Å²) in [5.74, 6) is 1.84. The van der Waals surface area contributed by atoms with Crippen LogP contribution < -0.4 is 10.6 Å². The molecule has 2 N–H and O–H groups in total. The molecule has 0 spiro atoms. The van der Waals surface area contributed by atoms with Gasteiger partial charge in [-0.05, 0) is 37.8 Å². The van der Waals surface area contributed by atoms with Crippen LogP contribution in [0.15, 0.2) is 12.1 Å². The fourth-order valence-electron chi connectivity index (χ4n) is 2.00. The number of hydrogen-bond donors (Lipinski definition) is 1. The van der Waals surface area contributed by atoms with E-state index in [9.17, 15) is 0 Å². The minimum Gasteiger partial charge on any atom is -0.355 e. The summed E-state index contributed by atoms with van der Waals surface area (Å²) in [6.07, 6.45) is 4.12. The van der Waals surface area contributed by atoms with Gasteiger partial charge in [0.25, 0.3) is 0 Å². The summed E-state index contributed by atoms with van der Waals surface area (Å²) in [5.41, 5.74) is 6.35. The van der Waals surface area contributed by atoms with E-state index >= 15 is 0 Å². The van der Waals surface area contributed by atoms with E-state index in [0.29, 0.717) is 6.54 Å². The van der Waals surface area contributed by atoms with Crippen molar-refractivity contribution in [1.82, 2.24) is 10.2 Å². The number of nitrogens with two attached hydrogens (primary N) is 1. The SMILES string of the molecule is CCN(CC1CCC1)c1ccc(CN)nn1. The van der Waals surface area contributed by atoms with Gasteiger partial charge in [-0.15, -0.1) is 5.10 Å². The summed E-state index contributed by atoms with van der Waals surface area (Å²) >= 11 is 0. The van der Waals surface area contributed by atoms with E-state index < -0.39 is 0 Å². The normalized spacial score (nSPS) is 15.9. The van der Waals surface area contributed by atoms with Crippen molar-refractivity contribution in [2.24, 2.45) is 11.7 Å². The lowest BCUT2D eigenvalue weighted by Gasteiger charge is -2.32. The Balaban J connectivity index is 2.00. The molecule has 1 aromatic rings. The zero-order valence-corrected chi connectivity index (χ0v) is 9.89. The number of rotatable bonds is 5. The van der Waals surface area contributed by atoms with E-state index in [0.717, 1.165) is 30.5 Å². The van der Waals surface area contributed by atoms with Crippen LogP contribution in [0.2, 0.25) is 0 Å². The van der Waals surface area contributed by atoms with Crippen LogP contribution in [-0.2, 0) is 6.54 Å². The molecule has 1 saturated carbocycles. The third kappa shape index (κ3) is 2.50. The molecule has 1 aliphatic carbocycles. The average Bonchev–Trinajstić information content (AvgIpc) is 2.28. The van der Waals surface area contributed by atoms with Crippen LogP contribution in [0, 0.1) is 5.92 Å². The van der Waals surface area contributed by atoms with Crippen LogP contribution in [0.5, 0.6) is 0 Å². The van der Waals surface area contributed by atoms with Gasteiger partial charge in [0.2, 0.25) is 0 Å². The molecule has 1 aromatic heterocycles. The molecule has 1 fully saturated rings. The largest absolute Gasteiger partial charge is 0.355 e. The van der Waals surface area contributed by atoms with Crippen LogP contribution in [-0.4, -0.2) is 23.3 Å². The first kappa shape index (κ1) is 11.3. The molecular formula is C12H20N4. The van der Waals surface area contributed by atoms with Crippen LogP contribution in [0.4, 0.5) is 5.82 Å². The summed E-state index contributed by atoms with van der Waals surface area (Å²) in [6, 6.07) is 3.99. The molecule has 4 heteroatoms. The smallest absolute Gasteiger partial charge is 0.151 e. The van der Waals surface area contributed by atoms with E-state index in [1.807, 2.05) is 12.1 Å². The lowest BCUT2D eigenvalue weighted by molar-refractivity contribution is 0.318. The molecule has 0 unspecified atom stereocenters. The van der Waals surface area contributed by atoms with Gasteiger partial charge >= 0.3 is 0 Å². The summed E-state index contributed by atoms with van der Waals surface area (Å²) in [5, 5.41) is 8.33.